The molecule has 0 fully saturated rings. The summed E-state index contributed by atoms with van der Waals surface area (Å²) >= 11 is 1.63. The van der Waals surface area contributed by atoms with Crippen molar-refractivity contribution in [2.75, 3.05) is 19.5 Å². The van der Waals surface area contributed by atoms with Crippen LogP contribution >= 0.6 is 11.3 Å². The minimum Gasteiger partial charge on any atom is -0.493 e. The molecule has 3 aromatic rings. The van der Waals surface area contributed by atoms with Crippen LogP contribution in [0.25, 0.3) is 11.0 Å². The molecule has 0 unspecified atom stereocenters. The molecule has 0 aliphatic heterocycles. The first kappa shape index (κ1) is 18.0. The predicted octanol–water partition coefficient (Wildman–Crippen LogP) is 3.99. The number of ether oxygens (including phenoxy) is 2. The van der Waals surface area contributed by atoms with Crippen molar-refractivity contribution in [3.8, 4) is 11.5 Å². The van der Waals surface area contributed by atoms with Gasteiger partial charge in [0.1, 0.15) is 0 Å². The van der Waals surface area contributed by atoms with Crippen molar-refractivity contribution >= 4 is 34.0 Å². The van der Waals surface area contributed by atoms with E-state index in [1.807, 2.05) is 37.4 Å². The average molecular weight is 371 g/mol. The first-order valence-electron chi connectivity index (χ1n) is 8.09. The van der Waals surface area contributed by atoms with Gasteiger partial charge >= 0.3 is 0 Å². The van der Waals surface area contributed by atoms with Gasteiger partial charge in [-0.05, 0) is 38.5 Å². The third kappa shape index (κ3) is 3.43. The van der Waals surface area contributed by atoms with E-state index in [1.54, 1.807) is 37.7 Å². The topological polar surface area (TPSA) is 64.9 Å². The molecule has 2 aromatic heterocycles. The number of hydrogen-bond acceptors (Lipinski definition) is 5. The molecule has 0 aliphatic carbocycles. The first-order valence-corrected chi connectivity index (χ1v) is 8.91. The summed E-state index contributed by atoms with van der Waals surface area (Å²) in [5.41, 5.74) is 3.37. The number of thiazole rings is 1. The number of nitrogens with one attached hydrogen (secondary N) is 1. The Hall–Kier alpha value is -2.80. The maximum absolute atomic E-state index is 12.4. The molecule has 1 N–H and O–H groups in total. The molecular formula is C19H21N3O3S. The van der Waals surface area contributed by atoms with Crippen LogP contribution in [-0.4, -0.2) is 29.5 Å². The molecule has 26 heavy (non-hydrogen) atoms. The lowest BCUT2D eigenvalue weighted by molar-refractivity contribution is -0.111. The van der Waals surface area contributed by atoms with Crippen molar-refractivity contribution in [2.45, 2.75) is 20.8 Å². The number of fused-ring (bicyclic) bond motifs is 1. The van der Waals surface area contributed by atoms with Gasteiger partial charge in [0.15, 0.2) is 16.5 Å². The van der Waals surface area contributed by atoms with Gasteiger partial charge in [0.05, 0.1) is 25.6 Å². The van der Waals surface area contributed by atoms with E-state index in [4.69, 9.17) is 9.47 Å². The minimum atomic E-state index is -0.221. The molecule has 7 heteroatoms. The highest BCUT2D eigenvalue weighted by atomic mass is 32.1. The SMILES string of the molecule is COc1cc(C)c(NC(=O)C=Cc2c(C)nc3sc(C)cn23)cc1OC. The lowest BCUT2D eigenvalue weighted by Crippen LogP contribution is -2.09. The van der Waals surface area contributed by atoms with Crippen LogP contribution in [0.5, 0.6) is 11.5 Å². The number of methoxy groups -OCH3 is 2. The zero-order chi connectivity index (χ0) is 18.8. The summed E-state index contributed by atoms with van der Waals surface area (Å²) in [5.74, 6) is 0.977. The molecule has 2 heterocycles. The summed E-state index contributed by atoms with van der Waals surface area (Å²) in [6.45, 7) is 5.87. The number of imidazole rings is 1. The number of nitrogens with zero attached hydrogens (tertiary/aromatic N) is 2. The number of hydrogen-bond donors (Lipinski definition) is 1. The van der Waals surface area contributed by atoms with E-state index in [-0.39, 0.29) is 5.91 Å². The van der Waals surface area contributed by atoms with Gasteiger partial charge in [0, 0.05) is 28.9 Å². The summed E-state index contributed by atoms with van der Waals surface area (Å²) in [4.78, 5) is 19.0. The van der Waals surface area contributed by atoms with Crippen molar-refractivity contribution in [1.82, 2.24) is 9.38 Å². The maximum Gasteiger partial charge on any atom is 0.248 e. The van der Waals surface area contributed by atoms with Gasteiger partial charge in [0.25, 0.3) is 0 Å². The van der Waals surface area contributed by atoms with Crippen LogP contribution in [0.1, 0.15) is 21.8 Å². The van der Waals surface area contributed by atoms with Gasteiger partial charge in [0.2, 0.25) is 5.91 Å². The zero-order valence-electron chi connectivity index (χ0n) is 15.4. The largest absolute Gasteiger partial charge is 0.493 e. The summed E-state index contributed by atoms with van der Waals surface area (Å²) in [6.07, 6.45) is 5.32. The normalized spacial score (nSPS) is 11.3. The maximum atomic E-state index is 12.4. The lowest BCUT2D eigenvalue weighted by Gasteiger charge is -2.12. The highest BCUT2D eigenvalue weighted by Gasteiger charge is 2.11. The second-order valence-corrected chi connectivity index (χ2v) is 7.13. The fourth-order valence-corrected chi connectivity index (χ4v) is 3.60. The van der Waals surface area contributed by atoms with Gasteiger partial charge < -0.3 is 14.8 Å². The summed E-state index contributed by atoms with van der Waals surface area (Å²) in [5, 5.41) is 2.88. The number of benzene rings is 1. The Morgan fingerprint density at radius 3 is 2.58 bits per heavy atom. The minimum absolute atomic E-state index is 0.221. The number of anilines is 1. The van der Waals surface area contributed by atoms with Crippen molar-refractivity contribution in [3.05, 3.63) is 46.2 Å². The number of aryl methyl sites for hydroxylation is 3. The lowest BCUT2D eigenvalue weighted by atomic mass is 10.1. The van der Waals surface area contributed by atoms with Crippen LogP contribution in [0.4, 0.5) is 5.69 Å². The van der Waals surface area contributed by atoms with E-state index in [9.17, 15) is 4.79 Å². The van der Waals surface area contributed by atoms with E-state index >= 15 is 0 Å². The molecule has 1 aromatic carbocycles. The van der Waals surface area contributed by atoms with Gasteiger partial charge in [-0.25, -0.2) is 4.98 Å². The summed E-state index contributed by atoms with van der Waals surface area (Å²) < 4.78 is 12.6. The first-order chi connectivity index (χ1) is 12.4. The van der Waals surface area contributed by atoms with E-state index in [1.165, 1.54) is 11.0 Å². The monoisotopic (exact) mass is 371 g/mol. The van der Waals surface area contributed by atoms with Gasteiger partial charge in [-0.3, -0.25) is 9.20 Å². The van der Waals surface area contributed by atoms with Gasteiger partial charge in [-0.2, -0.15) is 0 Å². The summed E-state index contributed by atoms with van der Waals surface area (Å²) in [7, 11) is 3.15. The smallest absolute Gasteiger partial charge is 0.248 e. The number of amides is 1. The van der Waals surface area contributed by atoms with Crippen LogP contribution < -0.4 is 14.8 Å². The van der Waals surface area contributed by atoms with Gasteiger partial charge in [-0.15, -0.1) is 11.3 Å². The van der Waals surface area contributed by atoms with Crippen LogP contribution in [0.3, 0.4) is 0 Å². The fourth-order valence-electron chi connectivity index (χ4n) is 2.73. The molecule has 0 spiro atoms. The van der Waals surface area contributed by atoms with Gasteiger partial charge in [-0.1, -0.05) is 0 Å². The molecule has 6 nitrogen and oxygen atoms in total. The van der Waals surface area contributed by atoms with Crippen molar-refractivity contribution < 1.29 is 14.3 Å². The second-order valence-electron chi connectivity index (χ2n) is 5.92. The van der Waals surface area contributed by atoms with Crippen molar-refractivity contribution in [3.63, 3.8) is 0 Å². The number of rotatable bonds is 5. The Bertz CT molecular complexity index is 1000. The Labute approximate surface area is 156 Å². The highest BCUT2D eigenvalue weighted by Crippen LogP contribution is 2.32. The standard InChI is InChI=1S/C19H21N3O3S/c1-11-8-16(24-4)17(25-5)9-14(11)21-18(23)7-6-15-13(3)20-19-22(15)10-12(2)26-19/h6-10H,1-5H3,(H,21,23). The van der Waals surface area contributed by atoms with E-state index < -0.39 is 0 Å². The Morgan fingerprint density at radius 1 is 1.19 bits per heavy atom. The number of carbonyl (C=O) groups excluding carboxylic acids is 1. The van der Waals surface area contributed by atoms with Crippen LogP contribution in [0.15, 0.2) is 24.4 Å². The molecular weight excluding hydrogens is 350 g/mol. The zero-order valence-corrected chi connectivity index (χ0v) is 16.2. The van der Waals surface area contributed by atoms with Crippen LogP contribution in [0.2, 0.25) is 0 Å². The molecule has 136 valence electrons. The third-order valence-electron chi connectivity index (χ3n) is 4.04. The molecule has 0 bridgehead atoms. The van der Waals surface area contributed by atoms with E-state index in [2.05, 4.69) is 10.3 Å². The van der Waals surface area contributed by atoms with Crippen molar-refractivity contribution in [1.29, 1.82) is 0 Å². The van der Waals surface area contributed by atoms with E-state index in [0.29, 0.717) is 17.2 Å². The molecule has 0 radical (unpaired) electrons. The molecule has 0 saturated heterocycles. The van der Waals surface area contributed by atoms with E-state index in [0.717, 1.165) is 21.9 Å². The van der Waals surface area contributed by atoms with Crippen LogP contribution in [-0.2, 0) is 4.79 Å². The molecule has 3 rings (SSSR count). The van der Waals surface area contributed by atoms with Crippen LogP contribution in [0, 0.1) is 20.8 Å². The number of carbonyl (C=O) groups is 1. The fraction of sp³-hybridized carbons (Fsp3) is 0.263. The predicted molar refractivity (Wildman–Crippen MR) is 104 cm³/mol. The van der Waals surface area contributed by atoms with Crippen molar-refractivity contribution in [2.24, 2.45) is 0 Å². The Kier molecular flexibility index (Phi) is 4.99. The number of aromatic nitrogens is 2. The molecule has 0 saturated carbocycles. The summed E-state index contributed by atoms with van der Waals surface area (Å²) in [6, 6.07) is 3.58. The highest BCUT2D eigenvalue weighted by molar-refractivity contribution is 7.17. The third-order valence-corrected chi connectivity index (χ3v) is 4.94. The quantitative estimate of drug-likeness (QED) is 0.689. The average Bonchev–Trinajstić information content (AvgIpc) is 3.09. The Balaban J connectivity index is 1.82. The second kappa shape index (κ2) is 7.21. The molecule has 1 amide bonds. The Morgan fingerprint density at radius 2 is 1.88 bits per heavy atom. The molecule has 0 aliphatic rings. The molecule has 0 atom stereocenters.